The Kier molecular flexibility index (Phi) is 11.2. The summed E-state index contributed by atoms with van der Waals surface area (Å²) in [7, 11) is 1.96. The predicted molar refractivity (Wildman–Crippen MR) is 139 cm³/mol. The van der Waals surface area contributed by atoms with Crippen LogP contribution in [0, 0.1) is 5.82 Å². The lowest BCUT2D eigenvalue weighted by molar-refractivity contribution is -0.172. The van der Waals surface area contributed by atoms with Gasteiger partial charge in [0.05, 0.1) is 19.8 Å². The summed E-state index contributed by atoms with van der Waals surface area (Å²) in [6, 6.07) is 16.1. The van der Waals surface area contributed by atoms with Crippen molar-refractivity contribution in [3.8, 4) is 5.75 Å². The van der Waals surface area contributed by atoms with Gasteiger partial charge < -0.3 is 29.3 Å². The van der Waals surface area contributed by atoms with E-state index in [0.29, 0.717) is 26.2 Å². The number of halogens is 1. The molecule has 0 unspecified atom stereocenters. The first kappa shape index (κ1) is 30.0. The molecule has 0 bridgehead atoms. The highest BCUT2D eigenvalue weighted by Gasteiger charge is 2.38. The van der Waals surface area contributed by atoms with Gasteiger partial charge in [0, 0.05) is 37.9 Å². The summed E-state index contributed by atoms with van der Waals surface area (Å²) in [4.78, 5) is 34.9. The van der Waals surface area contributed by atoms with E-state index in [2.05, 4.69) is 0 Å². The van der Waals surface area contributed by atoms with Crippen molar-refractivity contribution in [1.82, 2.24) is 9.80 Å². The highest BCUT2D eigenvalue weighted by atomic mass is 19.1. The van der Waals surface area contributed by atoms with Gasteiger partial charge in [-0.3, -0.25) is 9.69 Å². The van der Waals surface area contributed by atoms with Gasteiger partial charge in [0.25, 0.3) is 0 Å². The largest absolute Gasteiger partial charge is 0.490 e. The minimum Gasteiger partial charge on any atom is -0.490 e. The molecule has 1 amide bonds. The number of rotatable bonds is 9. The highest BCUT2D eigenvalue weighted by Crippen LogP contribution is 2.36. The van der Waals surface area contributed by atoms with Crippen LogP contribution < -0.4 is 4.74 Å². The lowest BCUT2D eigenvalue weighted by Crippen LogP contribution is -2.45. The van der Waals surface area contributed by atoms with E-state index in [1.165, 1.54) is 12.1 Å². The molecule has 0 radical (unpaired) electrons. The number of amides is 1. The molecular weight excluding hydrogens is 511 g/mol. The van der Waals surface area contributed by atoms with E-state index >= 15 is 0 Å². The molecule has 2 saturated heterocycles. The molecule has 212 valence electrons. The third-order valence-electron chi connectivity index (χ3n) is 6.51. The zero-order valence-electron chi connectivity index (χ0n) is 22.0. The second-order valence-corrected chi connectivity index (χ2v) is 9.42. The van der Waals surface area contributed by atoms with Crippen molar-refractivity contribution in [3.63, 3.8) is 0 Å². The monoisotopic (exact) mass is 546 g/mol. The molecule has 0 atom stereocenters. The van der Waals surface area contributed by atoms with Gasteiger partial charge >= 0.3 is 11.9 Å². The number of carbonyl (C=O) groups is 3. The molecule has 0 aliphatic carbocycles. The number of benzene rings is 2. The first-order chi connectivity index (χ1) is 18.7. The number of carboxylic acid groups (broad SMARTS) is 2. The molecular formula is C28H35FN2O8. The van der Waals surface area contributed by atoms with E-state index in [-0.39, 0.29) is 17.8 Å². The molecule has 2 aromatic carbocycles. The van der Waals surface area contributed by atoms with Crippen LogP contribution in [0.5, 0.6) is 5.75 Å². The summed E-state index contributed by atoms with van der Waals surface area (Å²) in [6.45, 7) is 3.62. The molecule has 11 heteroatoms. The SMILES string of the molecule is CN(CCCC1(c2ccc(F)cc2)OCCO1)CC(=O)N1CCC(Oc2ccccc2)CC1.O=C(O)C(=O)O. The van der Waals surface area contributed by atoms with Gasteiger partial charge in [-0.2, -0.15) is 0 Å². The maximum Gasteiger partial charge on any atom is 0.414 e. The van der Waals surface area contributed by atoms with E-state index < -0.39 is 17.7 Å². The Labute approximate surface area is 226 Å². The first-order valence-corrected chi connectivity index (χ1v) is 12.9. The Balaban J connectivity index is 0.000000631. The van der Waals surface area contributed by atoms with E-state index in [9.17, 15) is 9.18 Å². The Morgan fingerprint density at radius 1 is 1.00 bits per heavy atom. The summed E-state index contributed by atoms with van der Waals surface area (Å²) < 4.78 is 31.2. The predicted octanol–water partition coefficient (Wildman–Crippen LogP) is 2.96. The minimum atomic E-state index is -1.82. The van der Waals surface area contributed by atoms with Crippen LogP contribution in [0.2, 0.25) is 0 Å². The Morgan fingerprint density at radius 2 is 1.59 bits per heavy atom. The number of nitrogens with zero attached hydrogens (tertiary/aromatic N) is 2. The third kappa shape index (κ3) is 9.31. The minimum absolute atomic E-state index is 0.150. The molecule has 0 aromatic heterocycles. The normalized spacial score (nSPS) is 16.8. The van der Waals surface area contributed by atoms with Crippen LogP contribution in [0.4, 0.5) is 4.39 Å². The maximum atomic E-state index is 13.3. The molecule has 10 nitrogen and oxygen atoms in total. The quantitative estimate of drug-likeness (QED) is 0.457. The number of hydrogen-bond acceptors (Lipinski definition) is 7. The van der Waals surface area contributed by atoms with Gasteiger partial charge in [0.2, 0.25) is 5.91 Å². The van der Waals surface area contributed by atoms with Crippen LogP contribution in [-0.4, -0.2) is 90.4 Å². The van der Waals surface area contributed by atoms with Crippen molar-refractivity contribution >= 4 is 17.8 Å². The van der Waals surface area contributed by atoms with E-state index in [4.69, 9.17) is 34.0 Å². The number of aliphatic carboxylic acids is 2. The summed E-state index contributed by atoms with van der Waals surface area (Å²) in [5.74, 6) is -3.71. The molecule has 2 N–H and O–H groups in total. The lowest BCUT2D eigenvalue weighted by atomic mass is 10.0. The van der Waals surface area contributed by atoms with Gasteiger partial charge in [-0.05, 0) is 44.3 Å². The zero-order valence-corrected chi connectivity index (χ0v) is 22.0. The number of piperidine rings is 1. The smallest absolute Gasteiger partial charge is 0.414 e. The number of ether oxygens (including phenoxy) is 3. The Bertz CT molecular complexity index is 1060. The molecule has 0 spiro atoms. The summed E-state index contributed by atoms with van der Waals surface area (Å²) in [5, 5.41) is 14.8. The molecule has 2 aliphatic rings. The van der Waals surface area contributed by atoms with Crippen LogP contribution in [0.1, 0.15) is 31.2 Å². The van der Waals surface area contributed by atoms with Crippen molar-refractivity contribution in [1.29, 1.82) is 0 Å². The first-order valence-electron chi connectivity index (χ1n) is 12.9. The van der Waals surface area contributed by atoms with Crippen LogP contribution >= 0.6 is 0 Å². The van der Waals surface area contributed by atoms with Crippen molar-refractivity contribution in [3.05, 3.63) is 66.0 Å². The number of likely N-dealkylation sites (N-methyl/N-ethyl adjacent to an activating group) is 1. The van der Waals surface area contributed by atoms with Crippen LogP contribution in [-0.2, 0) is 29.6 Å². The van der Waals surface area contributed by atoms with E-state index in [1.807, 2.05) is 47.2 Å². The average molecular weight is 547 g/mol. The molecule has 2 heterocycles. The summed E-state index contributed by atoms with van der Waals surface area (Å²) in [6.07, 6.45) is 3.30. The standard InChI is InChI=1S/C26H33FN2O4.C2H2O4/c1-28(15-5-14-26(31-18-19-32-26)21-8-10-22(27)11-9-21)20-25(30)29-16-12-24(13-17-29)33-23-6-3-2-4-7-23;3-1(4)2(5)6/h2-4,6-11,24H,5,12-20H2,1H3;(H,3,4)(H,5,6). The molecule has 0 saturated carbocycles. The fourth-order valence-corrected chi connectivity index (χ4v) is 4.52. The summed E-state index contributed by atoms with van der Waals surface area (Å²) in [5.41, 5.74) is 0.834. The van der Waals surface area contributed by atoms with Gasteiger partial charge in [-0.1, -0.05) is 30.3 Å². The third-order valence-corrected chi connectivity index (χ3v) is 6.51. The number of carbonyl (C=O) groups excluding carboxylic acids is 1. The van der Waals surface area contributed by atoms with Gasteiger partial charge in [0.1, 0.15) is 17.7 Å². The molecule has 4 rings (SSSR count). The molecule has 2 aliphatic heterocycles. The fourth-order valence-electron chi connectivity index (χ4n) is 4.52. The number of hydrogen-bond donors (Lipinski definition) is 2. The highest BCUT2D eigenvalue weighted by molar-refractivity contribution is 6.27. The van der Waals surface area contributed by atoms with E-state index in [1.54, 1.807) is 12.1 Å². The molecule has 2 aromatic rings. The Hall–Kier alpha value is -3.54. The van der Waals surface area contributed by atoms with Crippen LogP contribution in [0.25, 0.3) is 0 Å². The second-order valence-electron chi connectivity index (χ2n) is 9.42. The van der Waals surface area contributed by atoms with Crippen molar-refractivity contribution in [2.24, 2.45) is 0 Å². The zero-order chi connectivity index (χ0) is 28.3. The van der Waals surface area contributed by atoms with Crippen LogP contribution in [0.3, 0.4) is 0 Å². The average Bonchev–Trinajstić information content (AvgIpc) is 3.40. The lowest BCUT2D eigenvalue weighted by Gasteiger charge is -2.33. The number of likely N-dealkylation sites (tertiary alicyclic amines) is 1. The van der Waals surface area contributed by atoms with E-state index in [0.717, 1.165) is 50.2 Å². The van der Waals surface area contributed by atoms with Crippen molar-refractivity contribution in [2.75, 3.05) is 46.4 Å². The number of para-hydroxylation sites is 1. The fraction of sp³-hybridized carbons (Fsp3) is 0.464. The molecule has 39 heavy (non-hydrogen) atoms. The Morgan fingerprint density at radius 3 is 2.15 bits per heavy atom. The topological polar surface area (TPSA) is 126 Å². The van der Waals surface area contributed by atoms with Gasteiger partial charge in [-0.25, -0.2) is 14.0 Å². The second kappa shape index (κ2) is 14.6. The number of carboxylic acids is 2. The van der Waals surface area contributed by atoms with Crippen LogP contribution in [0.15, 0.2) is 54.6 Å². The van der Waals surface area contributed by atoms with Crippen molar-refractivity contribution < 1.29 is 43.2 Å². The maximum absolute atomic E-state index is 13.3. The van der Waals surface area contributed by atoms with Gasteiger partial charge in [-0.15, -0.1) is 0 Å². The molecule has 2 fully saturated rings. The van der Waals surface area contributed by atoms with Gasteiger partial charge in [0.15, 0.2) is 5.79 Å². The van der Waals surface area contributed by atoms with Crippen molar-refractivity contribution in [2.45, 2.75) is 37.6 Å². The summed E-state index contributed by atoms with van der Waals surface area (Å²) >= 11 is 0.